The van der Waals surface area contributed by atoms with Gasteiger partial charge in [-0.1, -0.05) is 48.0 Å². The molecule has 164 valence electrons. The highest BCUT2D eigenvalue weighted by Gasteiger charge is 2.35. The van der Waals surface area contributed by atoms with Gasteiger partial charge in [0.05, 0.1) is 11.6 Å². The molecule has 2 amide bonds. The second-order valence-electron chi connectivity index (χ2n) is 7.97. The number of carbonyl (C=O) groups excluding carboxylic acids is 2. The number of halogens is 1. The van der Waals surface area contributed by atoms with E-state index in [0.29, 0.717) is 28.8 Å². The van der Waals surface area contributed by atoms with Crippen molar-refractivity contribution in [3.8, 4) is 11.5 Å². The zero-order valence-corrected chi connectivity index (χ0v) is 18.5. The third-order valence-electron chi connectivity index (χ3n) is 5.72. The lowest BCUT2D eigenvalue weighted by Gasteiger charge is -2.19. The van der Waals surface area contributed by atoms with E-state index in [1.165, 1.54) is 0 Å². The van der Waals surface area contributed by atoms with Crippen molar-refractivity contribution in [2.24, 2.45) is 5.92 Å². The number of benzene rings is 4. The van der Waals surface area contributed by atoms with Gasteiger partial charge >= 0.3 is 0 Å². The SMILES string of the molecule is O=C(Nc1ccc(Oc2ccc(Cl)cc2)cc1)[C@@H]1CC(=O)N(c2cccc3ccccc23)C1. The minimum atomic E-state index is -0.415. The van der Waals surface area contributed by atoms with Crippen LogP contribution in [0.2, 0.25) is 5.02 Å². The fourth-order valence-corrected chi connectivity index (χ4v) is 4.18. The lowest BCUT2D eigenvalue weighted by atomic mass is 10.1. The van der Waals surface area contributed by atoms with Crippen LogP contribution in [0.1, 0.15) is 6.42 Å². The Morgan fingerprint density at radius 1 is 0.879 bits per heavy atom. The fourth-order valence-electron chi connectivity index (χ4n) is 4.05. The Kier molecular flexibility index (Phi) is 5.71. The molecular weight excluding hydrogens is 436 g/mol. The van der Waals surface area contributed by atoms with Gasteiger partial charge in [0, 0.05) is 29.1 Å². The Hall–Kier alpha value is -3.83. The average Bonchev–Trinajstić information content (AvgIpc) is 3.23. The lowest BCUT2D eigenvalue weighted by molar-refractivity contribution is -0.122. The highest BCUT2D eigenvalue weighted by atomic mass is 35.5. The summed E-state index contributed by atoms with van der Waals surface area (Å²) in [4.78, 5) is 27.3. The minimum Gasteiger partial charge on any atom is -0.457 e. The van der Waals surface area contributed by atoms with Gasteiger partial charge in [-0.05, 0) is 60.0 Å². The van der Waals surface area contributed by atoms with Crippen molar-refractivity contribution < 1.29 is 14.3 Å². The molecule has 1 aliphatic rings. The Morgan fingerprint density at radius 2 is 1.55 bits per heavy atom. The van der Waals surface area contributed by atoms with E-state index in [0.717, 1.165) is 16.5 Å². The molecule has 4 aromatic carbocycles. The molecule has 1 aliphatic heterocycles. The predicted molar refractivity (Wildman–Crippen MR) is 131 cm³/mol. The summed E-state index contributed by atoms with van der Waals surface area (Å²) < 4.78 is 5.78. The van der Waals surface area contributed by atoms with E-state index in [-0.39, 0.29) is 18.2 Å². The van der Waals surface area contributed by atoms with Crippen LogP contribution in [0.25, 0.3) is 10.8 Å². The van der Waals surface area contributed by atoms with Crippen LogP contribution in [0, 0.1) is 5.92 Å². The van der Waals surface area contributed by atoms with Gasteiger partial charge in [-0.2, -0.15) is 0 Å². The maximum atomic E-state index is 12.9. The summed E-state index contributed by atoms with van der Waals surface area (Å²) in [5, 5.41) is 5.64. The normalized spacial score (nSPS) is 15.6. The van der Waals surface area contributed by atoms with Crippen LogP contribution in [-0.4, -0.2) is 18.4 Å². The number of rotatable bonds is 5. The monoisotopic (exact) mass is 456 g/mol. The third-order valence-corrected chi connectivity index (χ3v) is 5.98. The topological polar surface area (TPSA) is 58.6 Å². The second kappa shape index (κ2) is 8.96. The van der Waals surface area contributed by atoms with Crippen molar-refractivity contribution in [1.29, 1.82) is 0 Å². The first-order valence-corrected chi connectivity index (χ1v) is 11.1. The molecule has 4 aromatic rings. The highest BCUT2D eigenvalue weighted by molar-refractivity contribution is 6.30. The van der Waals surface area contributed by atoms with Crippen LogP contribution in [0.3, 0.4) is 0 Å². The largest absolute Gasteiger partial charge is 0.457 e. The quantitative estimate of drug-likeness (QED) is 0.384. The lowest BCUT2D eigenvalue weighted by Crippen LogP contribution is -2.28. The number of hydrogen-bond acceptors (Lipinski definition) is 3. The molecule has 0 radical (unpaired) electrons. The van der Waals surface area contributed by atoms with Crippen LogP contribution < -0.4 is 15.0 Å². The summed E-state index contributed by atoms with van der Waals surface area (Å²) in [6, 6.07) is 28.1. The van der Waals surface area contributed by atoms with E-state index in [1.54, 1.807) is 53.4 Å². The van der Waals surface area contributed by atoms with Gasteiger partial charge in [0.2, 0.25) is 11.8 Å². The summed E-state index contributed by atoms with van der Waals surface area (Å²) in [5.74, 6) is 0.694. The number of fused-ring (bicyclic) bond motifs is 1. The fraction of sp³-hybridized carbons (Fsp3) is 0.111. The first kappa shape index (κ1) is 21.0. The molecule has 5 nitrogen and oxygen atoms in total. The molecule has 1 N–H and O–H groups in total. The zero-order chi connectivity index (χ0) is 22.8. The molecule has 1 fully saturated rings. The highest BCUT2D eigenvalue weighted by Crippen LogP contribution is 2.32. The molecule has 0 aliphatic carbocycles. The molecule has 0 saturated carbocycles. The number of ether oxygens (including phenoxy) is 1. The summed E-state index contributed by atoms with van der Waals surface area (Å²) in [5.41, 5.74) is 1.50. The molecule has 1 atom stereocenters. The van der Waals surface area contributed by atoms with Gasteiger partial charge in [0.15, 0.2) is 0 Å². The third kappa shape index (κ3) is 4.54. The average molecular weight is 457 g/mol. The molecule has 5 rings (SSSR count). The molecule has 1 saturated heterocycles. The number of anilines is 2. The molecule has 0 bridgehead atoms. The van der Waals surface area contributed by atoms with Gasteiger partial charge < -0.3 is 15.0 Å². The zero-order valence-electron chi connectivity index (χ0n) is 17.7. The molecule has 6 heteroatoms. The number of nitrogens with zero attached hydrogens (tertiary/aromatic N) is 1. The van der Waals surface area contributed by atoms with Crippen LogP contribution in [0.15, 0.2) is 91.0 Å². The Morgan fingerprint density at radius 3 is 2.30 bits per heavy atom. The smallest absolute Gasteiger partial charge is 0.229 e. The predicted octanol–water partition coefficient (Wildman–Crippen LogP) is 6.28. The molecule has 0 aromatic heterocycles. The minimum absolute atomic E-state index is 0.0433. The molecule has 0 spiro atoms. The van der Waals surface area contributed by atoms with Gasteiger partial charge in [-0.15, -0.1) is 0 Å². The number of amides is 2. The van der Waals surface area contributed by atoms with Crippen molar-refractivity contribution in [2.75, 3.05) is 16.8 Å². The van der Waals surface area contributed by atoms with E-state index < -0.39 is 5.92 Å². The van der Waals surface area contributed by atoms with Crippen molar-refractivity contribution in [1.82, 2.24) is 0 Å². The summed E-state index contributed by atoms with van der Waals surface area (Å²) in [6.07, 6.45) is 0.187. The van der Waals surface area contributed by atoms with Gasteiger partial charge in [0.25, 0.3) is 0 Å². The Balaban J connectivity index is 1.25. The van der Waals surface area contributed by atoms with Crippen LogP contribution in [-0.2, 0) is 9.59 Å². The number of hydrogen-bond donors (Lipinski definition) is 1. The summed E-state index contributed by atoms with van der Waals surface area (Å²) in [7, 11) is 0. The first-order chi connectivity index (χ1) is 16.1. The first-order valence-electron chi connectivity index (χ1n) is 10.7. The van der Waals surface area contributed by atoms with Crippen LogP contribution in [0.4, 0.5) is 11.4 Å². The van der Waals surface area contributed by atoms with E-state index in [9.17, 15) is 9.59 Å². The van der Waals surface area contributed by atoms with E-state index in [4.69, 9.17) is 16.3 Å². The second-order valence-corrected chi connectivity index (χ2v) is 8.41. The van der Waals surface area contributed by atoms with Gasteiger partial charge in [0.1, 0.15) is 11.5 Å². The maximum absolute atomic E-state index is 12.9. The van der Waals surface area contributed by atoms with Crippen molar-refractivity contribution >= 4 is 45.6 Å². The number of nitrogens with one attached hydrogen (secondary N) is 1. The maximum Gasteiger partial charge on any atom is 0.229 e. The molecule has 0 unspecified atom stereocenters. The Bertz CT molecular complexity index is 1310. The standard InChI is InChI=1S/C27H21ClN2O3/c28-20-8-12-22(13-9-20)33-23-14-10-21(11-15-23)29-27(32)19-16-26(31)30(17-19)25-7-3-5-18-4-1-2-6-24(18)25/h1-15,19H,16-17H2,(H,29,32)/t19-/m1/s1. The summed E-state index contributed by atoms with van der Waals surface area (Å²) >= 11 is 5.90. The molecule has 1 heterocycles. The van der Waals surface area contributed by atoms with E-state index in [2.05, 4.69) is 5.32 Å². The van der Waals surface area contributed by atoms with Crippen molar-refractivity contribution in [2.45, 2.75) is 6.42 Å². The number of carbonyl (C=O) groups is 2. The van der Waals surface area contributed by atoms with Crippen molar-refractivity contribution in [3.05, 3.63) is 96.0 Å². The van der Waals surface area contributed by atoms with Crippen LogP contribution >= 0.6 is 11.6 Å². The van der Waals surface area contributed by atoms with E-state index >= 15 is 0 Å². The molecular formula is C27H21ClN2O3. The van der Waals surface area contributed by atoms with Gasteiger partial charge in [-0.25, -0.2) is 0 Å². The summed E-state index contributed by atoms with van der Waals surface area (Å²) in [6.45, 7) is 0.358. The van der Waals surface area contributed by atoms with Crippen LogP contribution in [0.5, 0.6) is 11.5 Å². The molecule has 33 heavy (non-hydrogen) atoms. The Labute approximate surface area is 196 Å². The van der Waals surface area contributed by atoms with Crippen molar-refractivity contribution in [3.63, 3.8) is 0 Å². The van der Waals surface area contributed by atoms with Gasteiger partial charge in [-0.3, -0.25) is 9.59 Å². The van der Waals surface area contributed by atoms with E-state index in [1.807, 2.05) is 42.5 Å².